The van der Waals surface area contributed by atoms with E-state index < -0.39 is 0 Å². The Bertz CT molecular complexity index is 1050. The maximum absolute atomic E-state index is 13.4. The second-order valence-electron chi connectivity index (χ2n) is 7.42. The monoisotopic (exact) mass is 474 g/mol. The van der Waals surface area contributed by atoms with Crippen LogP contribution in [0.3, 0.4) is 0 Å². The average Bonchev–Trinajstić information content (AvgIpc) is 3.19. The first-order chi connectivity index (χ1) is 15.2. The van der Waals surface area contributed by atoms with E-state index in [2.05, 4.69) is 16.9 Å². The molecule has 1 fully saturated rings. The van der Waals surface area contributed by atoms with Gasteiger partial charge in [0, 0.05) is 37.5 Å². The van der Waals surface area contributed by atoms with E-state index in [1.165, 1.54) is 36.1 Å². The van der Waals surface area contributed by atoms with Crippen LogP contribution in [0, 0.1) is 6.92 Å². The molecule has 3 rings (SSSR count). The first kappa shape index (κ1) is 23.8. The highest BCUT2D eigenvalue weighted by atomic mass is 32.2. The molecule has 1 aliphatic rings. The molecule has 2 aromatic rings. The normalized spacial score (nSPS) is 15.9. The van der Waals surface area contributed by atoms with Gasteiger partial charge < -0.3 is 19.9 Å². The van der Waals surface area contributed by atoms with Crippen molar-refractivity contribution in [2.45, 2.75) is 35.9 Å². The topological polar surface area (TPSA) is 91.8 Å². The molecule has 10 heteroatoms. The molecule has 0 aliphatic carbocycles. The second-order valence-corrected chi connectivity index (χ2v) is 9.79. The summed E-state index contributed by atoms with van der Waals surface area (Å²) in [5, 5.41) is 3.21. The predicted molar refractivity (Wildman–Crippen MR) is 126 cm³/mol. The van der Waals surface area contributed by atoms with Crippen molar-refractivity contribution in [2.75, 3.05) is 32.1 Å². The zero-order chi connectivity index (χ0) is 23.4. The Morgan fingerprint density at radius 2 is 2.09 bits per heavy atom. The Balaban J connectivity index is 1.84. The highest BCUT2D eigenvalue weighted by Gasteiger charge is 2.31. The van der Waals surface area contributed by atoms with Crippen molar-refractivity contribution in [1.82, 2.24) is 14.8 Å². The summed E-state index contributed by atoms with van der Waals surface area (Å²) in [5.74, 6) is 0.0780. The molecule has 1 aromatic heterocycles. The lowest BCUT2D eigenvalue weighted by Gasteiger charge is -2.39. The largest absolute Gasteiger partial charge is 0.496 e. The molecule has 32 heavy (non-hydrogen) atoms. The number of aromatic nitrogens is 1. The minimum atomic E-state index is -0.173. The molecule has 0 bridgehead atoms. The van der Waals surface area contributed by atoms with Crippen molar-refractivity contribution in [1.29, 1.82) is 0 Å². The Morgan fingerprint density at radius 3 is 2.72 bits per heavy atom. The number of anilines is 1. The highest BCUT2D eigenvalue weighted by Crippen LogP contribution is 2.38. The van der Waals surface area contributed by atoms with Gasteiger partial charge in [0.1, 0.15) is 5.75 Å². The smallest absolute Gasteiger partial charge is 0.258 e. The fourth-order valence-electron chi connectivity index (χ4n) is 3.47. The Morgan fingerprint density at radius 1 is 1.34 bits per heavy atom. The van der Waals surface area contributed by atoms with Crippen LogP contribution < -0.4 is 10.1 Å². The third-order valence-electron chi connectivity index (χ3n) is 5.08. The van der Waals surface area contributed by atoms with E-state index >= 15 is 0 Å². The number of benzene rings is 1. The number of ether oxygens (including phenoxy) is 1. The number of amides is 3. The number of nitrogens with one attached hydrogen (secondary N) is 1. The van der Waals surface area contributed by atoms with Crippen LogP contribution in [-0.2, 0) is 9.59 Å². The van der Waals surface area contributed by atoms with Gasteiger partial charge in [0.15, 0.2) is 5.13 Å². The van der Waals surface area contributed by atoms with Crippen molar-refractivity contribution >= 4 is 46.0 Å². The van der Waals surface area contributed by atoms with E-state index in [9.17, 15) is 14.4 Å². The molecule has 1 saturated heterocycles. The molecule has 8 nitrogen and oxygen atoms in total. The average molecular weight is 475 g/mol. The number of thiazole rings is 1. The van der Waals surface area contributed by atoms with Gasteiger partial charge >= 0.3 is 0 Å². The minimum Gasteiger partial charge on any atom is -0.496 e. The van der Waals surface area contributed by atoms with Gasteiger partial charge in [-0.2, -0.15) is 0 Å². The van der Waals surface area contributed by atoms with E-state index in [4.69, 9.17) is 4.74 Å². The quantitative estimate of drug-likeness (QED) is 0.645. The lowest BCUT2D eigenvalue weighted by Crippen LogP contribution is -2.55. The molecular formula is C22H26N4O4S2. The summed E-state index contributed by atoms with van der Waals surface area (Å²) < 4.78 is 6.41. The van der Waals surface area contributed by atoms with Gasteiger partial charge in [0.05, 0.1) is 23.1 Å². The van der Waals surface area contributed by atoms with Crippen molar-refractivity contribution in [3.05, 3.63) is 42.1 Å². The fourth-order valence-corrected chi connectivity index (χ4v) is 5.46. The highest BCUT2D eigenvalue weighted by molar-refractivity contribution is 8.01. The van der Waals surface area contributed by atoms with E-state index in [1.54, 1.807) is 23.1 Å². The molecular weight excluding hydrogens is 448 g/mol. The molecule has 0 saturated carbocycles. The van der Waals surface area contributed by atoms with Gasteiger partial charge in [0.2, 0.25) is 11.8 Å². The number of hydrogen-bond donors (Lipinski definition) is 1. The maximum Gasteiger partial charge on any atom is 0.258 e. The van der Waals surface area contributed by atoms with Gasteiger partial charge in [-0.3, -0.25) is 14.4 Å². The van der Waals surface area contributed by atoms with E-state index in [0.29, 0.717) is 36.1 Å². The Labute approximate surface area is 195 Å². The Hall–Kier alpha value is -2.85. The summed E-state index contributed by atoms with van der Waals surface area (Å²) in [6, 6.07) is 3.56. The van der Waals surface area contributed by atoms with Crippen molar-refractivity contribution < 1.29 is 19.1 Å². The molecule has 1 atom stereocenters. The third kappa shape index (κ3) is 5.31. The van der Waals surface area contributed by atoms with E-state index in [0.717, 1.165) is 14.7 Å². The van der Waals surface area contributed by atoms with Crippen LogP contribution in [0.15, 0.2) is 40.1 Å². The van der Waals surface area contributed by atoms with Crippen molar-refractivity contribution in [3.8, 4) is 5.75 Å². The summed E-state index contributed by atoms with van der Waals surface area (Å²) in [7, 11) is 1.55. The van der Waals surface area contributed by atoms with Crippen LogP contribution in [-0.4, -0.2) is 65.3 Å². The van der Waals surface area contributed by atoms with Crippen LogP contribution in [0.2, 0.25) is 0 Å². The number of methoxy groups -OCH3 is 1. The first-order valence-electron chi connectivity index (χ1n) is 10.1. The van der Waals surface area contributed by atoms with Gasteiger partial charge in [-0.1, -0.05) is 29.7 Å². The number of carbonyl (C=O) groups excluding carboxylic acids is 3. The van der Waals surface area contributed by atoms with Crippen LogP contribution >= 0.6 is 23.1 Å². The van der Waals surface area contributed by atoms with Crippen molar-refractivity contribution in [2.24, 2.45) is 0 Å². The van der Waals surface area contributed by atoms with E-state index in [1.807, 2.05) is 26.0 Å². The summed E-state index contributed by atoms with van der Waals surface area (Å²) in [6.07, 6.45) is 3.00. The number of hydrogen-bond acceptors (Lipinski definition) is 7. The summed E-state index contributed by atoms with van der Waals surface area (Å²) in [5.41, 5.74) is 1.44. The third-order valence-corrected chi connectivity index (χ3v) is 7.25. The van der Waals surface area contributed by atoms with Crippen LogP contribution in [0.4, 0.5) is 5.13 Å². The van der Waals surface area contributed by atoms with Gasteiger partial charge in [-0.05, 0) is 37.6 Å². The zero-order valence-corrected chi connectivity index (χ0v) is 20.1. The minimum absolute atomic E-state index is 0.126. The SMILES string of the molecule is C=CC(=O)N1CCN(C(=O)c2cc(Sc3cnc(NC(C)=O)s3)c(C)cc2OC)[C@@H](C)C1. The maximum atomic E-state index is 13.4. The summed E-state index contributed by atoms with van der Waals surface area (Å²) in [4.78, 5) is 45.2. The number of aryl methyl sites for hydroxylation is 1. The molecule has 1 aromatic carbocycles. The predicted octanol–water partition coefficient (Wildman–Crippen LogP) is 3.43. The molecule has 2 heterocycles. The molecule has 3 amide bonds. The number of nitrogens with zero attached hydrogens (tertiary/aromatic N) is 3. The van der Waals surface area contributed by atoms with Crippen LogP contribution in [0.5, 0.6) is 5.75 Å². The lowest BCUT2D eigenvalue weighted by atomic mass is 10.1. The second kappa shape index (κ2) is 10.2. The van der Waals surface area contributed by atoms with Crippen LogP contribution in [0.1, 0.15) is 29.8 Å². The number of piperazine rings is 1. The first-order valence-corrected chi connectivity index (χ1v) is 11.7. The van der Waals surface area contributed by atoms with Gasteiger partial charge in [-0.25, -0.2) is 4.98 Å². The molecule has 0 radical (unpaired) electrons. The summed E-state index contributed by atoms with van der Waals surface area (Å²) >= 11 is 2.85. The number of rotatable bonds is 6. The van der Waals surface area contributed by atoms with Crippen LogP contribution in [0.25, 0.3) is 0 Å². The zero-order valence-electron chi connectivity index (χ0n) is 18.5. The number of carbonyl (C=O) groups is 3. The molecule has 170 valence electrons. The molecule has 1 N–H and O–H groups in total. The fraction of sp³-hybridized carbons (Fsp3) is 0.364. The summed E-state index contributed by atoms with van der Waals surface area (Å²) in [6.45, 7) is 10.2. The van der Waals surface area contributed by atoms with Gasteiger partial charge in [0.25, 0.3) is 5.91 Å². The Kier molecular flexibility index (Phi) is 7.57. The standard InChI is InChI=1S/C22H26N4O4S2/c1-6-19(28)25-7-8-26(14(3)12-25)21(29)16-10-18(13(2)9-17(16)30-5)31-20-11-23-22(32-20)24-15(4)27/h6,9-11,14H,1,7-8,12H2,2-5H3,(H,23,24,27)/t14-/m0/s1. The molecule has 0 unspecified atom stereocenters. The molecule has 0 spiro atoms. The van der Waals surface area contributed by atoms with Gasteiger partial charge in [-0.15, -0.1) is 0 Å². The van der Waals surface area contributed by atoms with E-state index in [-0.39, 0.29) is 23.8 Å². The molecule has 1 aliphatic heterocycles. The lowest BCUT2D eigenvalue weighted by molar-refractivity contribution is -0.128. The van der Waals surface area contributed by atoms with Crippen molar-refractivity contribution in [3.63, 3.8) is 0 Å².